The van der Waals surface area contributed by atoms with Gasteiger partial charge in [0.1, 0.15) is 0 Å². The van der Waals surface area contributed by atoms with Crippen molar-refractivity contribution in [3.63, 3.8) is 0 Å². The van der Waals surface area contributed by atoms with Crippen molar-refractivity contribution in [2.75, 3.05) is 23.7 Å². The van der Waals surface area contributed by atoms with Crippen LogP contribution in [-0.4, -0.2) is 29.3 Å². The molecule has 0 amide bonds. The lowest BCUT2D eigenvalue weighted by molar-refractivity contribution is 0.110. The molecule has 1 aliphatic heterocycles. The largest absolute Gasteiger partial charge is 0.396 e. The lowest BCUT2D eigenvalue weighted by Crippen LogP contribution is -2.37. The normalized spacial score (nSPS) is 19.8. The highest BCUT2D eigenvalue weighted by Gasteiger charge is 2.23. The van der Waals surface area contributed by atoms with Gasteiger partial charge in [0.2, 0.25) is 0 Å². The molecule has 1 fully saturated rings. The maximum Gasteiger partial charge on any atom is 0.151 e. The van der Waals surface area contributed by atoms with E-state index in [9.17, 15) is 5.11 Å². The fraction of sp³-hybridized carbons (Fsp3) is 0.583. The van der Waals surface area contributed by atoms with E-state index < -0.39 is 0 Å². The van der Waals surface area contributed by atoms with Gasteiger partial charge in [-0.3, -0.25) is 0 Å². The van der Waals surface area contributed by atoms with E-state index in [0.717, 1.165) is 37.4 Å². The molecule has 2 rings (SSSR count). The van der Waals surface area contributed by atoms with Crippen LogP contribution in [0.25, 0.3) is 0 Å². The first kappa shape index (κ1) is 11.2. The summed E-state index contributed by atoms with van der Waals surface area (Å²) in [5, 5.41) is 9.53. The number of hydrogen-bond donors (Lipinski definition) is 2. The SMILES string of the molecule is CC(O)C1CCN(c2ncccc2N)CC1. The smallest absolute Gasteiger partial charge is 0.151 e. The minimum Gasteiger partial charge on any atom is -0.396 e. The summed E-state index contributed by atoms with van der Waals surface area (Å²) in [6, 6.07) is 3.73. The van der Waals surface area contributed by atoms with Crippen molar-refractivity contribution in [2.45, 2.75) is 25.9 Å². The Kier molecular flexibility index (Phi) is 3.29. The second-order valence-corrected chi connectivity index (χ2v) is 4.48. The van der Waals surface area contributed by atoms with Gasteiger partial charge in [-0.15, -0.1) is 0 Å². The third-order valence-corrected chi connectivity index (χ3v) is 3.34. The van der Waals surface area contributed by atoms with E-state index in [1.807, 2.05) is 19.1 Å². The Balaban J connectivity index is 2.02. The van der Waals surface area contributed by atoms with Crippen molar-refractivity contribution in [3.05, 3.63) is 18.3 Å². The first-order valence-corrected chi connectivity index (χ1v) is 5.82. The molecule has 3 N–H and O–H groups in total. The highest BCUT2D eigenvalue weighted by molar-refractivity contribution is 5.62. The number of aliphatic hydroxyl groups is 1. The summed E-state index contributed by atoms with van der Waals surface area (Å²) < 4.78 is 0. The molecule has 1 aliphatic rings. The fourth-order valence-corrected chi connectivity index (χ4v) is 2.27. The summed E-state index contributed by atoms with van der Waals surface area (Å²) >= 11 is 0. The Hall–Kier alpha value is -1.29. The van der Waals surface area contributed by atoms with E-state index in [-0.39, 0.29) is 6.10 Å². The van der Waals surface area contributed by atoms with Gasteiger partial charge in [0.05, 0.1) is 11.8 Å². The van der Waals surface area contributed by atoms with E-state index in [1.165, 1.54) is 0 Å². The monoisotopic (exact) mass is 221 g/mol. The number of aliphatic hydroxyl groups excluding tert-OH is 1. The van der Waals surface area contributed by atoms with Gasteiger partial charge in [0, 0.05) is 19.3 Å². The van der Waals surface area contributed by atoms with Crippen molar-refractivity contribution in [2.24, 2.45) is 5.92 Å². The van der Waals surface area contributed by atoms with E-state index in [1.54, 1.807) is 6.20 Å². The van der Waals surface area contributed by atoms with Crippen LogP contribution in [0.5, 0.6) is 0 Å². The van der Waals surface area contributed by atoms with Crippen LogP contribution in [0.3, 0.4) is 0 Å². The molecule has 1 saturated heterocycles. The topological polar surface area (TPSA) is 62.4 Å². The Labute approximate surface area is 96.1 Å². The molecular weight excluding hydrogens is 202 g/mol. The number of anilines is 2. The number of piperidine rings is 1. The summed E-state index contributed by atoms with van der Waals surface area (Å²) in [7, 11) is 0. The molecule has 16 heavy (non-hydrogen) atoms. The van der Waals surface area contributed by atoms with Crippen LogP contribution in [-0.2, 0) is 0 Å². The summed E-state index contributed by atoms with van der Waals surface area (Å²) in [4.78, 5) is 6.51. The first-order valence-electron chi connectivity index (χ1n) is 5.82. The summed E-state index contributed by atoms with van der Waals surface area (Å²) in [5.41, 5.74) is 6.63. The molecule has 0 radical (unpaired) electrons. The molecule has 4 heteroatoms. The van der Waals surface area contributed by atoms with Gasteiger partial charge in [0.15, 0.2) is 5.82 Å². The molecular formula is C12H19N3O. The first-order chi connectivity index (χ1) is 7.68. The zero-order valence-electron chi connectivity index (χ0n) is 9.63. The number of nitrogens with zero attached hydrogens (tertiary/aromatic N) is 2. The third-order valence-electron chi connectivity index (χ3n) is 3.34. The summed E-state index contributed by atoms with van der Waals surface area (Å²) in [5.74, 6) is 1.30. The molecule has 1 aromatic rings. The standard InChI is InChI=1S/C12H19N3O/c1-9(16)10-4-7-15(8-5-10)12-11(13)3-2-6-14-12/h2-3,6,9-10,16H,4-5,7-8,13H2,1H3. The van der Waals surface area contributed by atoms with Crippen LogP contribution in [0.1, 0.15) is 19.8 Å². The highest BCUT2D eigenvalue weighted by Crippen LogP contribution is 2.26. The summed E-state index contributed by atoms with van der Waals surface area (Å²) in [6.07, 6.45) is 3.58. The molecule has 2 heterocycles. The lowest BCUT2D eigenvalue weighted by Gasteiger charge is -2.34. The van der Waals surface area contributed by atoms with E-state index in [0.29, 0.717) is 5.92 Å². The highest BCUT2D eigenvalue weighted by atomic mass is 16.3. The molecule has 4 nitrogen and oxygen atoms in total. The van der Waals surface area contributed by atoms with Crippen LogP contribution in [0.2, 0.25) is 0 Å². The van der Waals surface area contributed by atoms with Gasteiger partial charge < -0.3 is 15.7 Å². The van der Waals surface area contributed by atoms with E-state index >= 15 is 0 Å². The molecule has 0 aliphatic carbocycles. The number of rotatable bonds is 2. The fourth-order valence-electron chi connectivity index (χ4n) is 2.27. The number of pyridine rings is 1. The Morgan fingerprint density at radius 2 is 2.19 bits per heavy atom. The average Bonchev–Trinajstić information content (AvgIpc) is 2.30. The van der Waals surface area contributed by atoms with Gasteiger partial charge in [0.25, 0.3) is 0 Å². The van der Waals surface area contributed by atoms with E-state index in [4.69, 9.17) is 5.73 Å². The third kappa shape index (κ3) is 2.27. The summed E-state index contributed by atoms with van der Waals surface area (Å²) in [6.45, 7) is 3.73. The molecule has 0 spiro atoms. The second kappa shape index (κ2) is 4.70. The van der Waals surface area contributed by atoms with Crippen molar-refractivity contribution < 1.29 is 5.11 Å². The van der Waals surface area contributed by atoms with Gasteiger partial charge in [-0.1, -0.05) is 0 Å². The van der Waals surface area contributed by atoms with Crippen molar-refractivity contribution >= 4 is 11.5 Å². The maximum absolute atomic E-state index is 9.53. The zero-order valence-corrected chi connectivity index (χ0v) is 9.63. The number of nitrogens with two attached hydrogens (primary N) is 1. The predicted octanol–water partition coefficient (Wildman–Crippen LogP) is 1.26. The van der Waals surface area contributed by atoms with Crippen LogP contribution in [0, 0.1) is 5.92 Å². The van der Waals surface area contributed by atoms with Crippen molar-refractivity contribution in [1.29, 1.82) is 0 Å². The van der Waals surface area contributed by atoms with Crippen LogP contribution in [0.15, 0.2) is 18.3 Å². The van der Waals surface area contributed by atoms with Crippen molar-refractivity contribution in [1.82, 2.24) is 4.98 Å². The van der Waals surface area contributed by atoms with E-state index in [2.05, 4.69) is 9.88 Å². The van der Waals surface area contributed by atoms with Gasteiger partial charge in [-0.25, -0.2) is 4.98 Å². The molecule has 1 atom stereocenters. The van der Waals surface area contributed by atoms with Crippen molar-refractivity contribution in [3.8, 4) is 0 Å². The average molecular weight is 221 g/mol. The molecule has 0 bridgehead atoms. The number of nitrogen functional groups attached to an aromatic ring is 1. The predicted molar refractivity (Wildman–Crippen MR) is 65.3 cm³/mol. The van der Waals surface area contributed by atoms with Gasteiger partial charge in [-0.05, 0) is 37.8 Å². The second-order valence-electron chi connectivity index (χ2n) is 4.48. The molecule has 1 unspecified atom stereocenters. The quantitative estimate of drug-likeness (QED) is 0.789. The van der Waals surface area contributed by atoms with Gasteiger partial charge >= 0.3 is 0 Å². The zero-order chi connectivity index (χ0) is 11.5. The Morgan fingerprint density at radius 3 is 2.75 bits per heavy atom. The molecule has 1 aromatic heterocycles. The Morgan fingerprint density at radius 1 is 1.50 bits per heavy atom. The Bertz CT molecular complexity index is 346. The van der Waals surface area contributed by atoms with Crippen LogP contribution >= 0.6 is 0 Å². The minimum atomic E-state index is -0.205. The minimum absolute atomic E-state index is 0.205. The maximum atomic E-state index is 9.53. The molecule has 0 aromatic carbocycles. The molecule has 0 saturated carbocycles. The number of hydrogen-bond acceptors (Lipinski definition) is 4. The van der Waals surface area contributed by atoms with Crippen LogP contribution in [0.4, 0.5) is 11.5 Å². The van der Waals surface area contributed by atoms with Crippen LogP contribution < -0.4 is 10.6 Å². The lowest BCUT2D eigenvalue weighted by atomic mass is 9.92. The number of aromatic nitrogens is 1. The van der Waals surface area contributed by atoms with Gasteiger partial charge in [-0.2, -0.15) is 0 Å². The molecule has 88 valence electrons.